The number of nitrogens with one attached hydrogen (secondary N) is 1. The van der Waals surface area contributed by atoms with E-state index in [1.807, 2.05) is 43.3 Å². The average Bonchev–Trinajstić information content (AvgIpc) is 3.20. The molecule has 24 heavy (non-hydrogen) atoms. The molecule has 0 aliphatic heterocycles. The monoisotopic (exact) mass is 336 g/mol. The lowest BCUT2D eigenvalue weighted by Gasteiger charge is -2.09. The van der Waals surface area contributed by atoms with E-state index < -0.39 is 0 Å². The van der Waals surface area contributed by atoms with Crippen molar-refractivity contribution in [2.75, 3.05) is 5.32 Å². The van der Waals surface area contributed by atoms with Gasteiger partial charge in [-0.2, -0.15) is 14.6 Å². The van der Waals surface area contributed by atoms with E-state index in [2.05, 4.69) is 32.3 Å². The first-order valence-corrected chi connectivity index (χ1v) is 8.45. The van der Waals surface area contributed by atoms with Crippen LogP contribution < -0.4 is 5.32 Å². The number of fused-ring (bicyclic) bond motifs is 1. The quantitative estimate of drug-likeness (QED) is 0.618. The molecule has 0 spiro atoms. The van der Waals surface area contributed by atoms with Crippen LogP contribution in [-0.2, 0) is 6.54 Å². The zero-order valence-electron chi connectivity index (χ0n) is 13.4. The molecule has 3 aromatic heterocycles. The second-order valence-corrected chi connectivity index (χ2v) is 6.75. The lowest BCUT2D eigenvalue weighted by atomic mass is 10.1. The van der Waals surface area contributed by atoms with Crippen LogP contribution in [0.5, 0.6) is 0 Å². The van der Waals surface area contributed by atoms with Gasteiger partial charge in [0.15, 0.2) is 0 Å². The van der Waals surface area contributed by atoms with Crippen LogP contribution in [0.15, 0.2) is 42.7 Å². The fourth-order valence-electron chi connectivity index (χ4n) is 2.48. The summed E-state index contributed by atoms with van der Waals surface area (Å²) < 4.78 is 1.71. The molecule has 3 heterocycles. The van der Waals surface area contributed by atoms with Crippen molar-refractivity contribution in [3.05, 3.63) is 58.3 Å². The van der Waals surface area contributed by atoms with E-state index in [-0.39, 0.29) is 0 Å². The molecular weight excluding hydrogens is 320 g/mol. The van der Waals surface area contributed by atoms with Crippen LogP contribution >= 0.6 is 11.3 Å². The van der Waals surface area contributed by atoms with Crippen molar-refractivity contribution in [2.24, 2.45) is 0 Å². The molecule has 0 aliphatic carbocycles. The van der Waals surface area contributed by atoms with Crippen molar-refractivity contribution in [3.63, 3.8) is 0 Å². The highest BCUT2D eigenvalue weighted by atomic mass is 32.1. The number of hydrogen-bond donors (Lipinski definition) is 1. The number of thiazole rings is 1. The second-order valence-electron chi connectivity index (χ2n) is 5.47. The molecule has 6 nitrogen and oxygen atoms in total. The van der Waals surface area contributed by atoms with Gasteiger partial charge in [0.1, 0.15) is 17.2 Å². The maximum absolute atomic E-state index is 4.58. The summed E-state index contributed by atoms with van der Waals surface area (Å²) in [6.07, 6.45) is 1.51. The van der Waals surface area contributed by atoms with E-state index in [1.54, 1.807) is 15.9 Å². The smallest absolute Gasteiger partial charge is 0.254 e. The Kier molecular flexibility index (Phi) is 3.70. The average molecular weight is 336 g/mol. The zero-order valence-corrected chi connectivity index (χ0v) is 14.2. The van der Waals surface area contributed by atoms with E-state index >= 15 is 0 Å². The van der Waals surface area contributed by atoms with Gasteiger partial charge in [-0.3, -0.25) is 0 Å². The summed E-state index contributed by atoms with van der Waals surface area (Å²) in [7, 11) is 0. The number of benzene rings is 1. The van der Waals surface area contributed by atoms with Gasteiger partial charge in [0, 0.05) is 16.5 Å². The minimum atomic E-state index is 0.574. The first kappa shape index (κ1) is 14.8. The summed E-state index contributed by atoms with van der Waals surface area (Å²) in [5, 5.41) is 8.71. The highest BCUT2D eigenvalue weighted by molar-refractivity contribution is 7.11. The van der Waals surface area contributed by atoms with Gasteiger partial charge in [-0.05, 0) is 13.8 Å². The SMILES string of the molecule is Cc1nc(CNc2cc(-c3ccccc3)nc3ncnn23)sc1C. The standard InChI is InChI=1S/C17H16N6S/c1-11-12(2)24-16(21-11)9-18-15-8-14(13-6-4-3-5-7-13)22-17-19-10-20-23(15)17/h3-8,10,18H,9H2,1-2H3. The van der Waals surface area contributed by atoms with Crippen LogP contribution in [-0.4, -0.2) is 24.6 Å². The van der Waals surface area contributed by atoms with E-state index in [4.69, 9.17) is 0 Å². The number of aromatic nitrogens is 5. The second kappa shape index (κ2) is 6.01. The third-order valence-corrected chi connectivity index (χ3v) is 4.89. The van der Waals surface area contributed by atoms with Crippen molar-refractivity contribution in [2.45, 2.75) is 20.4 Å². The van der Waals surface area contributed by atoms with E-state index in [1.165, 1.54) is 11.2 Å². The van der Waals surface area contributed by atoms with Gasteiger partial charge < -0.3 is 5.32 Å². The summed E-state index contributed by atoms with van der Waals surface area (Å²) in [6.45, 7) is 4.77. The van der Waals surface area contributed by atoms with E-state index in [0.29, 0.717) is 12.3 Å². The molecule has 1 aromatic carbocycles. The number of anilines is 1. The highest BCUT2D eigenvalue weighted by Gasteiger charge is 2.10. The van der Waals surface area contributed by atoms with Gasteiger partial charge in [-0.15, -0.1) is 11.3 Å². The Labute approximate surface area is 143 Å². The number of aryl methyl sites for hydroxylation is 2. The Morgan fingerprint density at radius 1 is 1.12 bits per heavy atom. The maximum Gasteiger partial charge on any atom is 0.254 e. The molecule has 0 aliphatic rings. The maximum atomic E-state index is 4.58. The fraction of sp³-hybridized carbons (Fsp3) is 0.176. The number of hydrogen-bond acceptors (Lipinski definition) is 6. The molecule has 120 valence electrons. The zero-order chi connectivity index (χ0) is 16.5. The Hall–Kier alpha value is -2.80. The van der Waals surface area contributed by atoms with Gasteiger partial charge in [-0.1, -0.05) is 30.3 Å². The Bertz CT molecular complexity index is 969. The first-order valence-electron chi connectivity index (χ1n) is 7.64. The largest absolute Gasteiger partial charge is 0.363 e. The minimum Gasteiger partial charge on any atom is -0.363 e. The Morgan fingerprint density at radius 2 is 1.96 bits per heavy atom. The van der Waals surface area contributed by atoms with Crippen molar-refractivity contribution in [1.29, 1.82) is 0 Å². The molecule has 0 saturated carbocycles. The van der Waals surface area contributed by atoms with Crippen molar-refractivity contribution < 1.29 is 0 Å². The summed E-state index contributed by atoms with van der Waals surface area (Å²) in [5.74, 6) is 1.42. The molecule has 7 heteroatoms. The third-order valence-electron chi connectivity index (χ3n) is 3.81. The Balaban J connectivity index is 1.69. The summed E-state index contributed by atoms with van der Waals surface area (Å²) in [6, 6.07) is 12.0. The van der Waals surface area contributed by atoms with Gasteiger partial charge in [0.05, 0.1) is 17.9 Å². The van der Waals surface area contributed by atoms with Crippen molar-refractivity contribution >= 4 is 22.9 Å². The van der Waals surface area contributed by atoms with Crippen LogP contribution in [0.3, 0.4) is 0 Å². The van der Waals surface area contributed by atoms with E-state index in [9.17, 15) is 0 Å². The molecule has 4 aromatic rings. The van der Waals surface area contributed by atoms with E-state index in [0.717, 1.165) is 27.8 Å². The summed E-state index contributed by atoms with van der Waals surface area (Å²) in [4.78, 5) is 14.6. The third kappa shape index (κ3) is 2.74. The van der Waals surface area contributed by atoms with Crippen LogP contribution in [0.25, 0.3) is 17.0 Å². The highest BCUT2D eigenvalue weighted by Crippen LogP contribution is 2.22. The van der Waals surface area contributed by atoms with Gasteiger partial charge in [-0.25, -0.2) is 9.97 Å². The molecule has 0 bridgehead atoms. The molecular formula is C17H16N6S. The van der Waals surface area contributed by atoms with Crippen LogP contribution in [0.2, 0.25) is 0 Å². The lowest BCUT2D eigenvalue weighted by Crippen LogP contribution is -2.06. The van der Waals surface area contributed by atoms with Crippen molar-refractivity contribution in [3.8, 4) is 11.3 Å². The van der Waals surface area contributed by atoms with Gasteiger partial charge in [0.25, 0.3) is 5.78 Å². The molecule has 0 atom stereocenters. The molecule has 4 rings (SSSR count). The number of rotatable bonds is 4. The lowest BCUT2D eigenvalue weighted by molar-refractivity contribution is 0.923. The van der Waals surface area contributed by atoms with Crippen LogP contribution in [0, 0.1) is 13.8 Å². The normalized spacial score (nSPS) is 11.1. The Morgan fingerprint density at radius 3 is 2.71 bits per heavy atom. The number of nitrogens with zero attached hydrogens (tertiary/aromatic N) is 5. The summed E-state index contributed by atoms with van der Waals surface area (Å²) >= 11 is 1.71. The summed E-state index contributed by atoms with van der Waals surface area (Å²) in [5.41, 5.74) is 3.00. The molecule has 0 amide bonds. The molecule has 0 fully saturated rings. The predicted octanol–water partition coefficient (Wildman–Crippen LogP) is 3.48. The van der Waals surface area contributed by atoms with Gasteiger partial charge in [0.2, 0.25) is 0 Å². The van der Waals surface area contributed by atoms with Crippen LogP contribution in [0.4, 0.5) is 5.82 Å². The fourth-order valence-corrected chi connectivity index (χ4v) is 3.35. The first-order chi connectivity index (χ1) is 11.7. The molecule has 0 saturated heterocycles. The topological polar surface area (TPSA) is 68.0 Å². The van der Waals surface area contributed by atoms with Gasteiger partial charge >= 0.3 is 0 Å². The molecule has 0 radical (unpaired) electrons. The molecule has 0 unspecified atom stereocenters. The molecule has 1 N–H and O–H groups in total. The van der Waals surface area contributed by atoms with Crippen LogP contribution in [0.1, 0.15) is 15.6 Å². The van der Waals surface area contributed by atoms with Crippen molar-refractivity contribution in [1.82, 2.24) is 24.6 Å². The predicted molar refractivity (Wildman–Crippen MR) is 95.1 cm³/mol. The minimum absolute atomic E-state index is 0.574.